The van der Waals surface area contributed by atoms with Gasteiger partial charge in [0.05, 0.1) is 5.56 Å². The van der Waals surface area contributed by atoms with E-state index in [2.05, 4.69) is 5.32 Å². The van der Waals surface area contributed by atoms with Crippen molar-refractivity contribution >= 4 is 12.0 Å². The number of amides is 2. The summed E-state index contributed by atoms with van der Waals surface area (Å²) in [6, 6.07) is 6.28. The SMILES string of the molecule is O=C(O)c1ccc(CNC(=O)N2CCCC(CO)C2)cc1. The average molecular weight is 292 g/mol. The van der Waals surface area contributed by atoms with Crippen molar-refractivity contribution in [2.75, 3.05) is 19.7 Å². The third-order valence-electron chi connectivity index (χ3n) is 3.71. The minimum absolute atomic E-state index is 0.112. The maximum absolute atomic E-state index is 12.0. The van der Waals surface area contributed by atoms with Crippen LogP contribution in [0.4, 0.5) is 4.79 Å². The molecular weight excluding hydrogens is 272 g/mol. The zero-order valence-corrected chi connectivity index (χ0v) is 11.8. The van der Waals surface area contributed by atoms with Crippen LogP contribution in [0.15, 0.2) is 24.3 Å². The van der Waals surface area contributed by atoms with Gasteiger partial charge in [0, 0.05) is 26.2 Å². The lowest BCUT2D eigenvalue weighted by atomic mass is 9.99. The van der Waals surface area contributed by atoms with Gasteiger partial charge in [0.2, 0.25) is 0 Å². The Kier molecular flexibility index (Phi) is 5.16. The highest BCUT2D eigenvalue weighted by Crippen LogP contribution is 2.15. The number of hydrogen-bond acceptors (Lipinski definition) is 3. The number of carboxylic acids is 1. The number of nitrogens with zero attached hydrogens (tertiary/aromatic N) is 1. The molecule has 0 saturated carbocycles. The fraction of sp³-hybridized carbons (Fsp3) is 0.467. The summed E-state index contributed by atoms with van der Waals surface area (Å²) in [6.45, 7) is 1.76. The predicted octanol–water partition coefficient (Wildman–Crippen LogP) is 1.30. The van der Waals surface area contributed by atoms with Gasteiger partial charge in [-0.25, -0.2) is 9.59 Å². The molecule has 0 aromatic heterocycles. The number of carbonyl (C=O) groups excluding carboxylic acids is 1. The minimum atomic E-state index is -0.964. The van der Waals surface area contributed by atoms with Crippen LogP contribution in [0.1, 0.15) is 28.8 Å². The van der Waals surface area contributed by atoms with Crippen LogP contribution < -0.4 is 5.32 Å². The van der Waals surface area contributed by atoms with Crippen molar-refractivity contribution in [2.45, 2.75) is 19.4 Å². The summed E-state index contributed by atoms with van der Waals surface area (Å²) in [5.41, 5.74) is 1.08. The molecule has 0 radical (unpaired) electrons. The van der Waals surface area contributed by atoms with E-state index in [1.54, 1.807) is 17.0 Å². The molecule has 1 atom stereocenters. The number of urea groups is 1. The van der Waals surface area contributed by atoms with E-state index >= 15 is 0 Å². The first-order valence-electron chi connectivity index (χ1n) is 7.06. The molecular formula is C15H20N2O4. The number of carbonyl (C=O) groups is 2. The van der Waals surface area contributed by atoms with E-state index in [1.807, 2.05) is 0 Å². The summed E-state index contributed by atoms with van der Waals surface area (Å²) < 4.78 is 0. The van der Waals surface area contributed by atoms with Gasteiger partial charge < -0.3 is 20.4 Å². The lowest BCUT2D eigenvalue weighted by Crippen LogP contribution is -2.45. The van der Waals surface area contributed by atoms with Gasteiger partial charge in [-0.15, -0.1) is 0 Å². The second-order valence-electron chi connectivity index (χ2n) is 5.30. The molecule has 114 valence electrons. The number of aromatic carboxylic acids is 1. The van der Waals surface area contributed by atoms with Crippen LogP contribution >= 0.6 is 0 Å². The Balaban J connectivity index is 1.84. The van der Waals surface area contributed by atoms with Gasteiger partial charge in [-0.05, 0) is 36.5 Å². The first-order chi connectivity index (χ1) is 10.1. The molecule has 2 amide bonds. The predicted molar refractivity (Wildman–Crippen MR) is 77.0 cm³/mol. The van der Waals surface area contributed by atoms with E-state index in [0.29, 0.717) is 19.6 Å². The first kappa shape index (κ1) is 15.3. The standard InChI is InChI=1S/C15H20N2O4/c18-10-12-2-1-7-17(9-12)15(21)16-8-11-3-5-13(6-4-11)14(19)20/h3-6,12,18H,1-2,7-10H2,(H,16,21)(H,19,20). The average Bonchev–Trinajstić information content (AvgIpc) is 2.53. The number of hydrogen-bond donors (Lipinski definition) is 3. The number of carboxylic acid groups (broad SMARTS) is 1. The Morgan fingerprint density at radius 1 is 1.29 bits per heavy atom. The smallest absolute Gasteiger partial charge is 0.335 e. The van der Waals surface area contributed by atoms with Gasteiger partial charge in [0.25, 0.3) is 0 Å². The number of aliphatic hydroxyl groups is 1. The molecule has 3 N–H and O–H groups in total. The van der Waals surface area contributed by atoms with Crippen molar-refractivity contribution in [3.05, 3.63) is 35.4 Å². The normalized spacial score (nSPS) is 18.3. The lowest BCUT2D eigenvalue weighted by Gasteiger charge is -2.31. The Morgan fingerprint density at radius 3 is 2.62 bits per heavy atom. The summed E-state index contributed by atoms with van der Waals surface area (Å²) in [5, 5.41) is 20.8. The highest BCUT2D eigenvalue weighted by molar-refractivity contribution is 5.87. The Bertz CT molecular complexity index is 501. The van der Waals surface area contributed by atoms with E-state index in [0.717, 1.165) is 18.4 Å². The summed E-state index contributed by atoms with van der Waals surface area (Å²) in [7, 11) is 0. The van der Waals surface area contributed by atoms with Crippen LogP contribution in [-0.2, 0) is 6.54 Å². The monoisotopic (exact) mass is 292 g/mol. The van der Waals surface area contributed by atoms with Crippen molar-refractivity contribution in [3.63, 3.8) is 0 Å². The fourth-order valence-corrected chi connectivity index (χ4v) is 2.45. The van der Waals surface area contributed by atoms with Gasteiger partial charge in [0.15, 0.2) is 0 Å². The molecule has 0 spiro atoms. The van der Waals surface area contributed by atoms with Crippen LogP contribution in [-0.4, -0.2) is 46.8 Å². The van der Waals surface area contributed by atoms with Crippen molar-refractivity contribution in [1.29, 1.82) is 0 Å². The van der Waals surface area contributed by atoms with Gasteiger partial charge in [-0.3, -0.25) is 0 Å². The van der Waals surface area contributed by atoms with Crippen molar-refractivity contribution in [3.8, 4) is 0 Å². The zero-order valence-electron chi connectivity index (χ0n) is 11.8. The molecule has 1 aliphatic rings. The molecule has 1 fully saturated rings. The van der Waals surface area contributed by atoms with E-state index in [1.165, 1.54) is 12.1 Å². The highest BCUT2D eigenvalue weighted by Gasteiger charge is 2.22. The summed E-state index contributed by atoms with van der Waals surface area (Å²) in [5.74, 6) is -0.798. The molecule has 2 rings (SSSR count). The van der Waals surface area contributed by atoms with Crippen LogP contribution in [0, 0.1) is 5.92 Å². The maximum atomic E-state index is 12.0. The summed E-state index contributed by atoms with van der Waals surface area (Å²) >= 11 is 0. The van der Waals surface area contributed by atoms with Crippen molar-refractivity contribution in [1.82, 2.24) is 10.2 Å². The number of likely N-dealkylation sites (tertiary alicyclic amines) is 1. The molecule has 1 aromatic rings. The van der Waals surface area contributed by atoms with E-state index < -0.39 is 5.97 Å². The molecule has 6 heteroatoms. The third-order valence-corrected chi connectivity index (χ3v) is 3.71. The summed E-state index contributed by atoms with van der Waals surface area (Å²) in [6.07, 6.45) is 1.86. The highest BCUT2D eigenvalue weighted by atomic mass is 16.4. The number of aliphatic hydroxyl groups excluding tert-OH is 1. The van der Waals surface area contributed by atoms with Crippen LogP contribution in [0.5, 0.6) is 0 Å². The maximum Gasteiger partial charge on any atom is 0.335 e. The zero-order chi connectivity index (χ0) is 15.2. The van der Waals surface area contributed by atoms with Gasteiger partial charge >= 0.3 is 12.0 Å². The van der Waals surface area contributed by atoms with Crippen LogP contribution in [0.2, 0.25) is 0 Å². The third kappa shape index (κ3) is 4.19. The second kappa shape index (κ2) is 7.08. The quantitative estimate of drug-likeness (QED) is 0.780. The van der Waals surface area contributed by atoms with Crippen molar-refractivity contribution < 1.29 is 19.8 Å². The van der Waals surface area contributed by atoms with Crippen molar-refractivity contribution in [2.24, 2.45) is 5.92 Å². The largest absolute Gasteiger partial charge is 0.478 e. The molecule has 0 bridgehead atoms. The van der Waals surface area contributed by atoms with Gasteiger partial charge in [-0.2, -0.15) is 0 Å². The van der Waals surface area contributed by atoms with Crippen LogP contribution in [0.25, 0.3) is 0 Å². The summed E-state index contributed by atoms with van der Waals surface area (Å²) in [4.78, 5) is 24.5. The molecule has 21 heavy (non-hydrogen) atoms. The second-order valence-corrected chi connectivity index (χ2v) is 5.30. The Labute approximate surface area is 123 Å². The van der Waals surface area contributed by atoms with Crippen LogP contribution in [0.3, 0.4) is 0 Å². The molecule has 6 nitrogen and oxygen atoms in total. The first-order valence-corrected chi connectivity index (χ1v) is 7.06. The van der Waals surface area contributed by atoms with E-state index in [9.17, 15) is 9.59 Å². The number of piperidine rings is 1. The Morgan fingerprint density at radius 2 is 2.00 bits per heavy atom. The Hall–Kier alpha value is -2.08. The fourth-order valence-electron chi connectivity index (χ4n) is 2.45. The van der Waals surface area contributed by atoms with E-state index in [-0.39, 0.29) is 24.1 Å². The molecule has 1 aromatic carbocycles. The number of rotatable bonds is 4. The molecule has 0 aliphatic carbocycles. The lowest BCUT2D eigenvalue weighted by molar-refractivity contribution is 0.0696. The van der Waals surface area contributed by atoms with E-state index in [4.69, 9.17) is 10.2 Å². The van der Waals surface area contributed by atoms with Gasteiger partial charge in [-0.1, -0.05) is 12.1 Å². The molecule has 1 aliphatic heterocycles. The molecule has 1 saturated heterocycles. The topological polar surface area (TPSA) is 89.9 Å². The number of benzene rings is 1. The minimum Gasteiger partial charge on any atom is -0.478 e. The molecule has 1 unspecified atom stereocenters. The molecule has 1 heterocycles. The van der Waals surface area contributed by atoms with Gasteiger partial charge in [0.1, 0.15) is 0 Å². The number of nitrogens with one attached hydrogen (secondary N) is 1.